The van der Waals surface area contributed by atoms with Crippen molar-refractivity contribution in [1.29, 1.82) is 0 Å². The molecule has 0 spiro atoms. The van der Waals surface area contributed by atoms with E-state index >= 15 is 0 Å². The molecule has 0 radical (unpaired) electrons. The summed E-state index contributed by atoms with van der Waals surface area (Å²) in [6.45, 7) is 1.79. The van der Waals surface area contributed by atoms with E-state index in [9.17, 15) is 4.79 Å². The fourth-order valence-corrected chi connectivity index (χ4v) is 0.795. The number of aliphatic carboxylic acids is 1. The van der Waals surface area contributed by atoms with Crippen LogP contribution in [0.15, 0.2) is 10.6 Å². The maximum absolute atomic E-state index is 10.1. The van der Waals surface area contributed by atoms with E-state index in [2.05, 4.69) is 15.9 Å². The van der Waals surface area contributed by atoms with E-state index in [-0.39, 0.29) is 0 Å². The van der Waals surface area contributed by atoms with Gasteiger partial charge in [-0.15, -0.1) is 0 Å². The van der Waals surface area contributed by atoms with Gasteiger partial charge in [-0.1, -0.05) is 22.9 Å². The zero-order chi connectivity index (χ0) is 6.57. The third-order valence-corrected chi connectivity index (χ3v) is 1.34. The first kappa shape index (κ1) is 7.69. The Morgan fingerprint density at radius 2 is 2.38 bits per heavy atom. The molecule has 0 aromatic rings. The lowest BCUT2D eigenvalue weighted by molar-refractivity contribution is -0.132. The van der Waals surface area contributed by atoms with Gasteiger partial charge in [-0.2, -0.15) is 0 Å². The van der Waals surface area contributed by atoms with Gasteiger partial charge in [-0.3, -0.25) is 0 Å². The van der Waals surface area contributed by atoms with E-state index < -0.39 is 5.97 Å². The van der Waals surface area contributed by atoms with Crippen LogP contribution in [-0.2, 0) is 4.79 Å². The number of hydrogen-bond donors (Lipinski definition) is 1. The SMILES string of the molecule is CCC(=CBr)C(=O)O. The summed E-state index contributed by atoms with van der Waals surface area (Å²) in [7, 11) is 0. The van der Waals surface area contributed by atoms with Gasteiger partial charge in [0.15, 0.2) is 0 Å². The summed E-state index contributed by atoms with van der Waals surface area (Å²) in [5.74, 6) is -0.857. The molecule has 2 nitrogen and oxygen atoms in total. The van der Waals surface area contributed by atoms with Crippen molar-refractivity contribution in [2.75, 3.05) is 0 Å². The number of carbonyl (C=O) groups is 1. The summed E-state index contributed by atoms with van der Waals surface area (Å²) in [6, 6.07) is 0. The van der Waals surface area contributed by atoms with E-state index in [0.717, 1.165) is 0 Å². The van der Waals surface area contributed by atoms with Gasteiger partial charge in [0, 0.05) is 5.57 Å². The van der Waals surface area contributed by atoms with Crippen molar-refractivity contribution in [2.24, 2.45) is 0 Å². The van der Waals surface area contributed by atoms with Crippen LogP contribution >= 0.6 is 15.9 Å². The molecule has 1 N–H and O–H groups in total. The minimum atomic E-state index is -0.857. The highest BCUT2D eigenvalue weighted by molar-refractivity contribution is 9.11. The summed E-state index contributed by atoms with van der Waals surface area (Å²) in [5, 5.41) is 8.27. The molecule has 0 aromatic heterocycles. The molecule has 0 unspecified atom stereocenters. The minimum Gasteiger partial charge on any atom is -0.478 e. The second kappa shape index (κ2) is 3.66. The molecule has 0 aliphatic rings. The second-order valence-corrected chi connectivity index (χ2v) is 1.75. The summed E-state index contributed by atoms with van der Waals surface area (Å²) >= 11 is 2.93. The lowest BCUT2D eigenvalue weighted by Crippen LogP contribution is -1.96. The summed E-state index contributed by atoms with van der Waals surface area (Å²) in [4.78, 5) is 11.5. The van der Waals surface area contributed by atoms with E-state index in [1.165, 1.54) is 4.99 Å². The van der Waals surface area contributed by atoms with Crippen LogP contribution in [0.3, 0.4) is 0 Å². The fourth-order valence-electron chi connectivity index (χ4n) is 0.275. The summed E-state index contributed by atoms with van der Waals surface area (Å²) in [6.07, 6.45) is 0.556. The predicted octanol–water partition coefficient (Wildman–Crippen LogP) is 1.76. The Morgan fingerprint density at radius 3 is 2.38 bits per heavy atom. The van der Waals surface area contributed by atoms with Crippen LogP contribution in [0.2, 0.25) is 0 Å². The molecule has 0 amide bonds. The van der Waals surface area contributed by atoms with Crippen LogP contribution in [0.5, 0.6) is 0 Å². The van der Waals surface area contributed by atoms with Gasteiger partial charge >= 0.3 is 5.97 Å². The van der Waals surface area contributed by atoms with E-state index in [1.807, 2.05) is 0 Å². The zero-order valence-corrected chi connectivity index (χ0v) is 6.10. The van der Waals surface area contributed by atoms with Crippen molar-refractivity contribution in [3.8, 4) is 0 Å². The number of rotatable bonds is 2. The molecule has 46 valence electrons. The van der Waals surface area contributed by atoms with E-state index in [0.29, 0.717) is 12.0 Å². The van der Waals surface area contributed by atoms with Gasteiger partial charge in [0.05, 0.1) is 0 Å². The van der Waals surface area contributed by atoms with Crippen molar-refractivity contribution in [2.45, 2.75) is 13.3 Å². The van der Waals surface area contributed by atoms with Crippen molar-refractivity contribution in [3.63, 3.8) is 0 Å². The Balaban J connectivity index is 3.92. The molecule has 0 fully saturated rings. The predicted molar refractivity (Wildman–Crippen MR) is 34.9 cm³/mol. The van der Waals surface area contributed by atoms with Crippen LogP contribution in [-0.4, -0.2) is 11.1 Å². The molecule has 0 aliphatic carbocycles. The monoisotopic (exact) mass is 178 g/mol. The van der Waals surface area contributed by atoms with Crippen LogP contribution in [0.4, 0.5) is 0 Å². The normalized spacial score (nSPS) is 11.5. The van der Waals surface area contributed by atoms with Crippen LogP contribution in [0.25, 0.3) is 0 Å². The highest BCUT2D eigenvalue weighted by atomic mass is 79.9. The zero-order valence-electron chi connectivity index (χ0n) is 4.52. The van der Waals surface area contributed by atoms with E-state index in [4.69, 9.17) is 5.11 Å². The summed E-state index contributed by atoms with van der Waals surface area (Å²) in [5.41, 5.74) is 0.394. The highest BCUT2D eigenvalue weighted by Gasteiger charge is 2.00. The molecular weight excluding hydrogens is 172 g/mol. The third-order valence-electron chi connectivity index (χ3n) is 0.787. The van der Waals surface area contributed by atoms with Crippen molar-refractivity contribution < 1.29 is 9.90 Å². The van der Waals surface area contributed by atoms with Crippen LogP contribution in [0.1, 0.15) is 13.3 Å². The first-order valence-electron chi connectivity index (χ1n) is 2.25. The lowest BCUT2D eigenvalue weighted by Gasteiger charge is -1.90. The molecule has 0 rings (SSSR count). The Morgan fingerprint density at radius 1 is 1.88 bits per heavy atom. The first-order chi connectivity index (χ1) is 3.72. The lowest BCUT2D eigenvalue weighted by atomic mass is 10.2. The highest BCUT2D eigenvalue weighted by Crippen LogP contribution is 2.02. The smallest absolute Gasteiger partial charge is 0.332 e. The third kappa shape index (κ3) is 2.12. The molecule has 0 heterocycles. The molecule has 0 bridgehead atoms. The Kier molecular flexibility index (Phi) is 3.52. The fraction of sp³-hybridized carbons (Fsp3) is 0.400. The van der Waals surface area contributed by atoms with E-state index in [1.54, 1.807) is 6.92 Å². The van der Waals surface area contributed by atoms with Crippen molar-refractivity contribution in [1.82, 2.24) is 0 Å². The van der Waals surface area contributed by atoms with Gasteiger partial charge < -0.3 is 5.11 Å². The average molecular weight is 179 g/mol. The Labute approximate surface area is 56.3 Å². The van der Waals surface area contributed by atoms with Crippen molar-refractivity contribution in [3.05, 3.63) is 10.6 Å². The first-order valence-corrected chi connectivity index (χ1v) is 3.16. The number of halogens is 1. The van der Waals surface area contributed by atoms with Crippen molar-refractivity contribution >= 4 is 21.9 Å². The molecular formula is C5H7BrO2. The van der Waals surface area contributed by atoms with Gasteiger partial charge in [-0.25, -0.2) is 4.79 Å². The molecule has 0 aromatic carbocycles. The van der Waals surface area contributed by atoms with Gasteiger partial charge in [-0.05, 0) is 11.4 Å². The quantitative estimate of drug-likeness (QED) is 0.655. The number of hydrogen-bond acceptors (Lipinski definition) is 1. The summed E-state index contributed by atoms with van der Waals surface area (Å²) < 4.78 is 0. The number of carboxylic acid groups (broad SMARTS) is 1. The maximum atomic E-state index is 10.1. The second-order valence-electron chi connectivity index (χ2n) is 1.29. The molecule has 0 saturated carbocycles. The largest absolute Gasteiger partial charge is 0.478 e. The minimum absolute atomic E-state index is 0.394. The Bertz CT molecular complexity index is 118. The van der Waals surface area contributed by atoms with Gasteiger partial charge in [0.25, 0.3) is 0 Å². The average Bonchev–Trinajstić information content (AvgIpc) is 1.69. The molecule has 0 atom stereocenters. The van der Waals surface area contributed by atoms with Gasteiger partial charge in [0.1, 0.15) is 0 Å². The molecule has 3 heteroatoms. The van der Waals surface area contributed by atoms with Crippen LogP contribution in [0, 0.1) is 0 Å². The maximum Gasteiger partial charge on any atom is 0.332 e. The standard InChI is InChI=1S/C5H7BrO2/c1-2-4(3-6)5(7)8/h3H,2H2,1H3,(H,7,8). The Hall–Kier alpha value is -0.310. The molecule has 8 heavy (non-hydrogen) atoms. The van der Waals surface area contributed by atoms with Gasteiger partial charge in [0.2, 0.25) is 0 Å². The molecule has 0 saturated heterocycles. The van der Waals surface area contributed by atoms with Crippen LogP contribution < -0.4 is 0 Å². The number of carboxylic acids is 1. The molecule has 0 aliphatic heterocycles. The topological polar surface area (TPSA) is 37.3 Å².